The topological polar surface area (TPSA) is 76.7 Å². The maximum Gasteiger partial charge on any atom is 0.165 e. The van der Waals surface area contributed by atoms with Crippen molar-refractivity contribution >= 4 is 27.4 Å². The third-order valence-corrected chi connectivity index (χ3v) is 6.71. The molecule has 0 amide bonds. The van der Waals surface area contributed by atoms with Gasteiger partial charge < -0.3 is 11.1 Å². The predicted octanol–water partition coefficient (Wildman–Crippen LogP) is 5.85. The zero-order valence-electron chi connectivity index (χ0n) is 18.7. The highest BCUT2D eigenvalue weighted by Gasteiger charge is 2.18. The molecule has 0 aliphatic rings. The summed E-state index contributed by atoms with van der Waals surface area (Å²) in [7, 11) is 0. The van der Waals surface area contributed by atoms with Gasteiger partial charge in [0.1, 0.15) is 5.82 Å². The molecule has 5 rings (SSSR count). The molecular weight excluding hydrogens is 445 g/mol. The van der Waals surface area contributed by atoms with E-state index in [1.54, 1.807) is 23.6 Å². The van der Waals surface area contributed by atoms with Gasteiger partial charge in [0.05, 0.1) is 22.0 Å². The molecule has 3 N–H and O–H groups in total. The van der Waals surface area contributed by atoms with Gasteiger partial charge in [0.25, 0.3) is 0 Å². The Balaban J connectivity index is 1.55. The lowest BCUT2D eigenvalue weighted by Crippen LogP contribution is -2.31. The van der Waals surface area contributed by atoms with Gasteiger partial charge >= 0.3 is 0 Å². The summed E-state index contributed by atoms with van der Waals surface area (Å²) in [6, 6.07) is 19.8. The van der Waals surface area contributed by atoms with E-state index in [0.29, 0.717) is 23.8 Å². The second kappa shape index (κ2) is 9.67. The van der Waals surface area contributed by atoms with E-state index in [4.69, 9.17) is 15.7 Å². The molecule has 0 saturated heterocycles. The quantitative estimate of drug-likeness (QED) is 0.313. The molecular formula is C27H24FN5S. The first-order valence-electron chi connectivity index (χ1n) is 11.1. The van der Waals surface area contributed by atoms with Gasteiger partial charge in [0, 0.05) is 29.7 Å². The van der Waals surface area contributed by atoms with E-state index >= 15 is 0 Å². The van der Waals surface area contributed by atoms with Crippen molar-refractivity contribution in [2.24, 2.45) is 5.73 Å². The van der Waals surface area contributed by atoms with Crippen LogP contribution in [0.5, 0.6) is 0 Å². The number of aryl methyl sites for hydroxylation is 1. The Morgan fingerprint density at radius 2 is 1.76 bits per heavy atom. The fourth-order valence-electron chi connectivity index (χ4n) is 4.00. The molecule has 5 nitrogen and oxygen atoms in total. The number of hydrogen-bond acceptors (Lipinski definition) is 6. The lowest BCUT2D eigenvalue weighted by Gasteiger charge is -2.15. The fraction of sp³-hybridized carbons (Fsp3) is 0.148. The number of aromatic nitrogens is 3. The minimum atomic E-state index is -0.457. The van der Waals surface area contributed by atoms with Gasteiger partial charge in [-0.3, -0.25) is 4.98 Å². The zero-order chi connectivity index (χ0) is 23.5. The van der Waals surface area contributed by atoms with E-state index < -0.39 is 5.82 Å². The molecule has 170 valence electrons. The highest BCUT2D eigenvalue weighted by Crippen LogP contribution is 2.38. The Bertz CT molecular complexity index is 1430. The molecule has 0 saturated carbocycles. The molecule has 0 aliphatic heterocycles. The first-order valence-corrected chi connectivity index (χ1v) is 12.0. The first kappa shape index (κ1) is 22.1. The number of fused-ring (bicyclic) bond motifs is 1. The number of rotatable bonds is 7. The molecule has 34 heavy (non-hydrogen) atoms. The molecule has 2 aromatic carbocycles. The predicted molar refractivity (Wildman–Crippen MR) is 137 cm³/mol. The fourth-order valence-corrected chi connectivity index (χ4v) is 4.97. The number of pyridine rings is 1. The maximum absolute atomic E-state index is 14.6. The van der Waals surface area contributed by atoms with Crippen LogP contribution in [0.25, 0.3) is 32.7 Å². The SMILES string of the molecule is Cc1ccccc1-c1csc2c(NCC(N)Cc3ccccc3)nc(-c3ccncc3F)nc12. The Hall–Kier alpha value is -3.68. The molecule has 3 aromatic heterocycles. The van der Waals surface area contributed by atoms with Gasteiger partial charge in [0.2, 0.25) is 0 Å². The van der Waals surface area contributed by atoms with Gasteiger partial charge in [-0.2, -0.15) is 0 Å². The summed E-state index contributed by atoms with van der Waals surface area (Å²) in [6.07, 6.45) is 3.47. The van der Waals surface area contributed by atoms with Gasteiger partial charge in [-0.1, -0.05) is 54.6 Å². The number of nitrogens with two attached hydrogens (primary N) is 1. The van der Waals surface area contributed by atoms with E-state index in [2.05, 4.69) is 46.9 Å². The number of nitrogens with one attached hydrogen (secondary N) is 1. The van der Waals surface area contributed by atoms with Crippen molar-refractivity contribution < 1.29 is 4.39 Å². The lowest BCUT2D eigenvalue weighted by atomic mass is 10.0. The number of nitrogens with zero attached hydrogens (tertiary/aromatic N) is 3. The zero-order valence-corrected chi connectivity index (χ0v) is 19.5. The van der Waals surface area contributed by atoms with Crippen LogP contribution >= 0.6 is 11.3 Å². The van der Waals surface area contributed by atoms with E-state index in [0.717, 1.165) is 33.3 Å². The van der Waals surface area contributed by atoms with Crippen molar-refractivity contribution in [1.82, 2.24) is 15.0 Å². The number of anilines is 1. The van der Waals surface area contributed by atoms with Crippen molar-refractivity contribution in [2.45, 2.75) is 19.4 Å². The Kier molecular flexibility index (Phi) is 6.29. The summed E-state index contributed by atoms with van der Waals surface area (Å²) in [5.41, 5.74) is 12.0. The molecule has 1 atom stereocenters. The van der Waals surface area contributed by atoms with Crippen LogP contribution < -0.4 is 11.1 Å². The molecule has 0 fully saturated rings. The average Bonchev–Trinajstić information content (AvgIpc) is 3.28. The molecule has 0 spiro atoms. The number of hydrogen-bond donors (Lipinski definition) is 2. The van der Waals surface area contributed by atoms with E-state index in [1.807, 2.05) is 30.3 Å². The summed E-state index contributed by atoms with van der Waals surface area (Å²) in [5.74, 6) is 0.519. The lowest BCUT2D eigenvalue weighted by molar-refractivity contribution is 0.623. The van der Waals surface area contributed by atoms with Gasteiger partial charge in [-0.25, -0.2) is 14.4 Å². The minimum Gasteiger partial charge on any atom is -0.367 e. The summed E-state index contributed by atoms with van der Waals surface area (Å²) in [4.78, 5) is 13.4. The van der Waals surface area contributed by atoms with Crippen LogP contribution in [0.1, 0.15) is 11.1 Å². The number of halogens is 1. The Labute approximate surface area is 201 Å². The van der Waals surface area contributed by atoms with E-state index in [-0.39, 0.29) is 6.04 Å². The van der Waals surface area contributed by atoms with Crippen molar-refractivity contribution in [3.8, 4) is 22.5 Å². The third-order valence-electron chi connectivity index (χ3n) is 5.74. The van der Waals surface area contributed by atoms with Crippen LogP contribution in [-0.2, 0) is 6.42 Å². The van der Waals surface area contributed by atoms with Crippen LogP contribution in [0.4, 0.5) is 10.2 Å². The second-order valence-corrected chi connectivity index (χ2v) is 9.10. The second-order valence-electron chi connectivity index (χ2n) is 8.22. The molecule has 3 heterocycles. The Morgan fingerprint density at radius 3 is 2.56 bits per heavy atom. The van der Waals surface area contributed by atoms with Crippen molar-refractivity contribution in [3.63, 3.8) is 0 Å². The minimum absolute atomic E-state index is 0.107. The standard InChI is InChI=1S/C27H24FN5S/c1-17-7-5-6-10-20(17)22-16-34-25-24(22)32-26(21-11-12-30-15-23(21)28)33-27(25)31-14-19(29)13-18-8-3-2-4-9-18/h2-12,15-16,19H,13-14,29H2,1H3,(H,31,32,33). The third kappa shape index (κ3) is 4.53. The molecule has 1 unspecified atom stereocenters. The largest absolute Gasteiger partial charge is 0.367 e. The van der Waals surface area contributed by atoms with Gasteiger partial charge in [0.15, 0.2) is 11.6 Å². The van der Waals surface area contributed by atoms with Crippen molar-refractivity contribution in [1.29, 1.82) is 0 Å². The summed E-state index contributed by atoms with van der Waals surface area (Å²) < 4.78 is 15.5. The summed E-state index contributed by atoms with van der Waals surface area (Å²) in [5, 5.41) is 5.50. The van der Waals surface area contributed by atoms with Crippen LogP contribution in [0.2, 0.25) is 0 Å². The van der Waals surface area contributed by atoms with Gasteiger partial charge in [-0.05, 0) is 36.1 Å². The average molecular weight is 470 g/mol. The van der Waals surface area contributed by atoms with E-state index in [1.165, 1.54) is 11.8 Å². The first-order chi connectivity index (χ1) is 16.6. The molecule has 7 heteroatoms. The summed E-state index contributed by atoms with van der Waals surface area (Å²) in [6.45, 7) is 2.60. The van der Waals surface area contributed by atoms with Gasteiger partial charge in [-0.15, -0.1) is 11.3 Å². The van der Waals surface area contributed by atoms with Crippen LogP contribution in [0, 0.1) is 12.7 Å². The number of thiophene rings is 1. The molecule has 5 aromatic rings. The molecule has 0 aliphatic carbocycles. The van der Waals surface area contributed by atoms with Crippen molar-refractivity contribution in [2.75, 3.05) is 11.9 Å². The highest BCUT2D eigenvalue weighted by molar-refractivity contribution is 7.18. The van der Waals surface area contributed by atoms with Crippen LogP contribution in [-0.4, -0.2) is 27.5 Å². The highest BCUT2D eigenvalue weighted by atomic mass is 32.1. The van der Waals surface area contributed by atoms with Crippen LogP contribution in [0.3, 0.4) is 0 Å². The molecule has 0 radical (unpaired) electrons. The maximum atomic E-state index is 14.6. The van der Waals surface area contributed by atoms with Crippen molar-refractivity contribution in [3.05, 3.63) is 95.4 Å². The summed E-state index contributed by atoms with van der Waals surface area (Å²) >= 11 is 1.57. The monoisotopic (exact) mass is 469 g/mol. The van der Waals surface area contributed by atoms with E-state index in [9.17, 15) is 4.39 Å². The smallest absolute Gasteiger partial charge is 0.165 e. The molecule has 0 bridgehead atoms. The normalized spacial score (nSPS) is 12.1. The Morgan fingerprint density at radius 1 is 0.971 bits per heavy atom. The number of benzene rings is 2. The van der Waals surface area contributed by atoms with Crippen LogP contribution in [0.15, 0.2) is 78.4 Å².